The predicted molar refractivity (Wildman–Crippen MR) is 108 cm³/mol. The maximum absolute atomic E-state index is 13.1. The third-order valence-corrected chi connectivity index (χ3v) is 7.12. The van der Waals surface area contributed by atoms with Crippen molar-refractivity contribution in [3.63, 3.8) is 0 Å². The van der Waals surface area contributed by atoms with Crippen molar-refractivity contribution in [2.75, 3.05) is 9.62 Å². The second-order valence-electron chi connectivity index (χ2n) is 6.19. The smallest absolute Gasteiger partial charge is 0.265 e. The van der Waals surface area contributed by atoms with Crippen LogP contribution in [0.3, 0.4) is 0 Å². The van der Waals surface area contributed by atoms with Gasteiger partial charge in [-0.05, 0) is 36.6 Å². The average Bonchev–Trinajstić information content (AvgIpc) is 2.87. The highest BCUT2D eigenvalue weighted by atomic mass is 35.5. The molecule has 0 bridgehead atoms. The molecule has 0 saturated carbocycles. The lowest BCUT2D eigenvalue weighted by Crippen LogP contribution is -2.44. The Kier molecular flexibility index (Phi) is 4.29. The summed E-state index contributed by atoms with van der Waals surface area (Å²) in [6, 6.07) is 14.2. The standard InChI is InChI=1S/C19H14Cl2N2O3S/c1-11(19(24)22-18-13(20)7-4-8-14(18)21)23-15-9-2-5-12-6-3-10-16(17(12)15)27(23,25)26/h2-11H,1H3,(H,22,24). The molecule has 0 spiro atoms. The van der Waals surface area contributed by atoms with Crippen molar-refractivity contribution in [3.8, 4) is 0 Å². The van der Waals surface area contributed by atoms with Crippen LogP contribution < -0.4 is 9.62 Å². The Morgan fingerprint density at radius 1 is 1.00 bits per heavy atom. The van der Waals surface area contributed by atoms with E-state index in [1.165, 1.54) is 6.92 Å². The van der Waals surface area contributed by atoms with Gasteiger partial charge >= 0.3 is 0 Å². The van der Waals surface area contributed by atoms with Crippen molar-refractivity contribution < 1.29 is 13.2 Å². The van der Waals surface area contributed by atoms with Gasteiger partial charge in [-0.2, -0.15) is 0 Å². The number of hydrogen-bond donors (Lipinski definition) is 1. The summed E-state index contributed by atoms with van der Waals surface area (Å²) < 4.78 is 27.3. The highest BCUT2D eigenvalue weighted by Gasteiger charge is 2.41. The quantitative estimate of drug-likeness (QED) is 0.668. The van der Waals surface area contributed by atoms with E-state index in [1.54, 1.807) is 42.5 Å². The van der Waals surface area contributed by atoms with Gasteiger partial charge in [-0.25, -0.2) is 8.42 Å². The van der Waals surface area contributed by atoms with Gasteiger partial charge in [0.25, 0.3) is 10.0 Å². The topological polar surface area (TPSA) is 66.5 Å². The van der Waals surface area contributed by atoms with Crippen LogP contribution in [-0.4, -0.2) is 20.4 Å². The van der Waals surface area contributed by atoms with Gasteiger partial charge in [-0.15, -0.1) is 0 Å². The minimum atomic E-state index is -3.85. The van der Waals surface area contributed by atoms with Crippen molar-refractivity contribution in [2.45, 2.75) is 17.9 Å². The van der Waals surface area contributed by atoms with E-state index in [9.17, 15) is 13.2 Å². The number of nitrogens with one attached hydrogen (secondary N) is 1. The van der Waals surface area contributed by atoms with E-state index >= 15 is 0 Å². The molecular weight excluding hydrogens is 407 g/mol. The minimum Gasteiger partial charge on any atom is -0.322 e. The summed E-state index contributed by atoms with van der Waals surface area (Å²) in [5.41, 5.74) is 0.737. The molecule has 0 radical (unpaired) electrons. The lowest BCUT2D eigenvalue weighted by Gasteiger charge is -2.25. The fourth-order valence-corrected chi connectivity index (χ4v) is 5.65. The molecule has 1 amide bonds. The molecule has 1 heterocycles. The predicted octanol–water partition coefficient (Wildman–Crippen LogP) is 4.68. The van der Waals surface area contributed by atoms with Crippen molar-refractivity contribution in [1.82, 2.24) is 0 Å². The van der Waals surface area contributed by atoms with Crippen LogP contribution in [0.25, 0.3) is 10.8 Å². The van der Waals surface area contributed by atoms with E-state index in [4.69, 9.17) is 23.2 Å². The van der Waals surface area contributed by atoms with Crippen molar-refractivity contribution >= 4 is 61.3 Å². The normalized spacial score (nSPS) is 15.7. The fourth-order valence-electron chi connectivity index (χ4n) is 3.29. The van der Waals surface area contributed by atoms with Gasteiger partial charge in [0, 0.05) is 5.39 Å². The van der Waals surface area contributed by atoms with Crippen LogP contribution in [0.5, 0.6) is 0 Å². The summed E-state index contributed by atoms with van der Waals surface area (Å²) in [4.78, 5) is 13.0. The Morgan fingerprint density at radius 2 is 1.59 bits per heavy atom. The number of nitrogens with zero attached hydrogens (tertiary/aromatic N) is 1. The van der Waals surface area contributed by atoms with Crippen LogP contribution in [0.4, 0.5) is 11.4 Å². The van der Waals surface area contributed by atoms with E-state index in [0.717, 1.165) is 9.69 Å². The maximum Gasteiger partial charge on any atom is 0.265 e. The summed E-state index contributed by atoms with van der Waals surface area (Å²) in [5.74, 6) is -0.529. The number of halogens is 2. The molecule has 0 saturated heterocycles. The third kappa shape index (κ3) is 2.76. The SMILES string of the molecule is CC(C(=O)Nc1c(Cl)cccc1Cl)N1c2cccc3cccc(c23)S1(=O)=O. The molecule has 3 aromatic carbocycles. The number of para-hydroxylation sites is 1. The monoisotopic (exact) mass is 420 g/mol. The Hall–Kier alpha value is -2.28. The Labute approximate surface area is 166 Å². The van der Waals surface area contributed by atoms with Gasteiger partial charge in [0.1, 0.15) is 6.04 Å². The summed E-state index contributed by atoms with van der Waals surface area (Å²) in [6.45, 7) is 1.53. The molecule has 138 valence electrons. The largest absolute Gasteiger partial charge is 0.322 e. The zero-order valence-electron chi connectivity index (χ0n) is 14.1. The van der Waals surface area contributed by atoms with Crippen LogP contribution in [0.1, 0.15) is 6.92 Å². The lowest BCUT2D eigenvalue weighted by molar-refractivity contribution is -0.116. The van der Waals surface area contributed by atoms with E-state index < -0.39 is 22.0 Å². The van der Waals surface area contributed by atoms with Crippen molar-refractivity contribution in [2.24, 2.45) is 0 Å². The summed E-state index contributed by atoms with van der Waals surface area (Å²) in [6.07, 6.45) is 0. The highest BCUT2D eigenvalue weighted by Crippen LogP contribution is 2.43. The third-order valence-electron chi connectivity index (χ3n) is 4.56. The number of benzene rings is 3. The van der Waals surface area contributed by atoms with Gasteiger partial charge in [0.2, 0.25) is 5.91 Å². The molecule has 1 N–H and O–H groups in total. The van der Waals surface area contributed by atoms with Gasteiger partial charge in [-0.3, -0.25) is 9.10 Å². The van der Waals surface area contributed by atoms with E-state index in [0.29, 0.717) is 11.1 Å². The Morgan fingerprint density at radius 3 is 2.26 bits per heavy atom. The molecular formula is C19H14Cl2N2O3S. The van der Waals surface area contributed by atoms with E-state index in [-0.39, 0.29) is 20.6 Å². The molecule has 4 rings (SSSR count). The zero-order chi connectivity index (χ0) is 19.3. The summed E-state index contributed by atoms with van der Waals surface area (Å²) in [7, 11) is -3.85. The van der Waals surface area contributed by atoms with Crippen LogP contribution in [-0.2, 0) is 14.8 Å². The molecule has 8 heteroatoms. The maximum atomic E-state index is 13.1. The van der Waals surface area contributed by atoms with Crippen molar-refractivity contribution in [1.29, 1.82) is 0 Å². The number of sulfonamides is 1. The average molecular weight is 421 g/mol. The highest BCUT2D eigenvalue weighted by molar-refractivity contribution is 7.93. The van der Waals surface area contributed by atoms with Crippen LogP contribution >= 0.6 is 23.2 Å². The number of carbonyl (C=O) groups excluding carboxylic acids is 1. The second kappa shape index (κ2) is 6.41. The minimum absolute atomic E-state index is 0.200. The number of rotatable bonds is 3. The molecule has 3 aromatic rings. The summed E-state index contributed by atoms with van der Waals surface area (Å²) >= 11 is 12.2. The van der Waals surface area contributed by atoms with Crippen molar-refractivity contribution in [3.05, 3.63) is 64.6 Å². The first-order valence-electron chi connectivity index (χ1n) is 8.13. The van der Waals surface area contributed by atoms with Gasteiger partial charge < -0.3 is 5.32 Å². The second-order valence-corrected chi connectivity index (χ2v) is 8.79. The van der Waals surface area contributed by atoms with E-state index in [1.807, 2.05) is 12.1 Å². The first-order chi connectivity index (χ1) is 12.8. The van der Waals surface area contributed by atoms with Crippen LogP contribution in [0.15, 0.2) is 59.5 Å². The first-order valence-corrected chi connectivity index (χ1v) is 10.3. The molecule has 1 aliphatic heterocycles. The molecule has 27 heavy (non-hydrogen) atoms. The van der Waals surface area contributed by atoms with Gasteiger partial charge in [0.05, 0.1) is 26.3 Å². The molecule has 1 atom stereocenters. The number of hydrogen-bond acceptors (Lipinski definition) is 3. The Bertz CT molecular complexity index is 1170. The molecule has 0 aliphatic carbocycles. The summed E-state index contributed by atoms with van der Waals surface area (Å²) in [5, 5.41) is 4.62. The molecule has 0 aromatic heterocycles. The molecule has 0 fully saturated rings. The van der Waals surface area contributed by atoms with Gasteiger partial charge in [0.15, 0.2) is 0 Å². The number of anilines is 2. The number of amides is 1. The number of carbonyl (C=O) groups is 1. The first kappa shape index (κ1) is 18.1. The molecule has 1 aliphatic rings. The van der Waals surface area contributed by atoms with Gasteiger partial charge in [-0.1, -0.05) is 53.5 Å². The van der Waals surface area contributed by atoms with Crippen LogP contribution in [0, 0.1) is 0 Å². The Balaban J connectivity index is 1.76. The van der Waals surface area contributed by atoms with E-state index in [2.05, 4.69) is 5.32 Å². The molecule has 1 unspecified atom stereocenters. The van der Waals surface area contributed by atoms with Crippen LogP contribution in [0.2, 0.25) is 10.0 Å². The molecule has 5 nitrogen and oxygen atoms in total. The zero-order valence-corrected chi connectivity index (χ0v) is 16.4. The fraction of sp³-hybridized carbons (Fsp3) is 0.105. The lowest BCUT2D eigenvalue weighted by atomic mass is 10.1.